The van der Waals surface area contributed by atoms with Crippen molar-refractivity contribution in [1.82, 2.24) is 29.1 Å². The molecule has 2 aliphatic heterocycles. The lowest BCUT2D eigenvalue weighted by Crippen LogP contribution is -2.46. The van der Waals surface area contributed by atoms with Crippen molar-refractivity contribution in [3.8, 4) is 11.4 Å². The zero-order chi connectivity index (χ0) is 40.1. The second kappa shape index (κ2) is 17.3. The van der Waals surface area contributed by atoms with Crippen LogP contribution in [0.25, 0.3) is 5.69 Å². The first-order valence-corrected chi connectivity index (χ1v) is 19.9. The maximum absolute atomic E-state index is 15.0. The topological polar surface area (TPSA) is 105 Å². The maximum Gasteiger partial charge on any atom is 0.350 e. The number of piperazine rings is 1. The summed E-state index contributed by atoms with van der Waals surface area (Å²) in [5.41, 5.74) is 3.16. The molecule has 0 spiro atoms. The smallest absolute Gasteiger partial charge is 0.350 e. The first-order chi connectivity index (χ1) is 28.3. The Balaban J connectivity index is 0.828. The fourth-order valence-corrected chi connectivity index (χ4v) is 8.14. The molecule has 302 valence electrons. The Morgan fingerprint density at radius 1 is 0.862 bits per heavy atom. The van der Waals surface area contributed by atoms with Gasteiger partial charge in [-0.2, -0.15) is 10.2 Å². The van der Waals surface area contributed by atoms with Gasteiger partial charge in [0.15, 0.2) is 0 Å². The number of benzene rings is 4. The summed E-state index contributed by atoms with van der Waals surface area (Å²) in [5, 5.41) is 8.68. The molecule has 4 heterocycles. The van der Waals surface area contributed by atoms with Gasteiger partial charge in [0.1, 0.15) is 42.0 Å². The van der Waals surface area contributed by atoms with Crippen LogP contribution in [0.3, 0.4) is 0 Å². The SMILES string of the molecule is CCC(C(C)OCc1ccccc1)n1ncn(-c2ccc(N3CCN(c4ccc(OCC5COC(Cn6cncn6)(c6ccc(F)cc6F)C5)cc4)CC3)cc2)c1=O. The molecule has 0 aliphatic carbocycles. The molecule has 0 bridgehead atoms. The van der Waals surface area contributed by atoms with Crippen molar-refractivity contribution in [2.24, 2.45) is 5.92 Å². The highest BCUT2D eigenvalue weighted by molar-refractivity contribution is 5.54. The summed E-state index contributed by atoms with van der Waals surface area (Å²) in [6.07, 6.45) is 5.57. The number of ether oxygens (including phenoxy) is 3. The first-order valence-electron chi connectivity index (χ1n) is 19.9. The third kappa shape index (κ3) is 8.53. The summed E-state index contributed by atoms with van der Waals surface area (Å²) in [6, 6.07) is 29.6. The van der Waals surface area contributed by atoms with Gasteiger partial charge in [0.05, 0.1) is 44.2 Å². The zero-order valence-electron chi connectivity index (χ0n) is 32.7. The van der Waals surface area contributed by atoms with E-state index >= 15 is 4.39 Å². The lowest BCUT2D eigenvalue weighted by molar-refractivity contribution is -0.0206. The number of aromatic nitrogens is 6. The van der Waals surface area contributed by atoms with Crippen LogP contribution in [0.1, 0.15) is 43.9 Å². The fourth-order valence-electron chi connectivity index (χ4n) is 8.14. The number of halogens is 2. The van der Waals surface area contributed by atoms with E-state index in [9.17, 15) is 9.18 Å². The van der Waals surface area contributed by atoms with Crippen LogP contribution in [0, 0.1) is 17.6 Å². The Labute approximate surface area is 336 Å². The second-order valence-electron chi connectivity index (χ2n) is 15.1. The Hall–Kier alpha value is -5.86. The number of hydrogen-bond acceptors (Lipinski definition) is 9. The molecule has 12 nitrogen and oxygen atoms in total. The van der Waals surface area contributed by atoms with Crippen LogP contribution in [0.4, 0.5) is 20.2 Å². The maximum atomic E-state index is 15.0. The van der Waals surface area contributed by atoms with E-state index in [0.29, 0.717) is 38.2 Å². The van der Waals surface area contributed by atoms with Crippen molar-refractivity contribution < 1.29 is 23.0 Å². The van der Waals surface area contributed by atoms with Gasteiger partial charge >= 0.3 is 5.69 Å². The highest BCUT2D eigenvalue weighted by atomic mass is 19.1. The molecule has 0 amide bonds. The van der Waals surface area contributed by atoms with Crippen LogP contribution in [0.2, 0.25) is 0 Å². The summed E-state index contributed by atoms with van der Waals surface area (Å²) >= 11 is 0. The third-order valence-corrected chi connectivity index (χ3v) is 11.3. The average Bonchev–Trinajstić information content (AvgIpc) is 4.02. The molecular formula is C44H48F2N8O4. The number of hydrogen-bond donors (Lipinski definition) is 0. The molecule has 0 saturated carbocycles. The normalized spacial score (nSPS) is 19.3. The average molecular weight is 791 g/mol. The van der Waals surface area contributed by atoms with Crippen LogP contribution in [-0.4, -0.2) is 74.6 Å². The summed E-state index contributed by atoms with van der Waals surface area (Å²) in [7, 11) is 0. The molecule has 4 unspecified atom stereocenters. The lowest BCUT2D eigenvalue weighted by Gasteiger charge is -2.37. The van der Waals surface area contributed by atoms with E-state index < -0.39 is 17.2 Å². The van der Waals surface area contributed by atoms with Crippen LogP contribution in [-0.2, 0) is 28.2 Å². The molecule has 58 heavy (non-hydrogen) atoms. The van der Waals surface area contributed by atoms with Gasteiger partial charge < -0.3 is 24.0 Å². The molecule has 2 fully saturated rings. The van der Waals surface area contributed by atoms with Crippen LogP contribution < -0.4 is 20.2 Å². The number of nitrogens with zero attached hydrogens (tertiary/aromatic N) is 8. The third-order valence-electron chi connectivity index (χ3n) is 11.3. The second-order valence-corrected chi connectivity index (χ2v) is 15.1. The van der Waals surface area contributed by atoms with Crippen LogP contribution in [0.5, 0.6) is 5.75 Å². The van der Waals surface area contributed by atoms with E-state index in [1.807, 2.05) is 68.4 Å². The highest BCUT2D eigenvalue weighted by Gasteiger charge is 2.44. The zero-order valence-corrected chi connectivity index (χ0v) is 32.7. The van der Waals surface area contributed by atoms with Gasteiger partial charge in [-0.1, -0.05) is 43.3 Å². The molecule has 4 atom stereocenters. The molecule has 0 N–H and O–H groups in total. The van der Waals surface area contributed by atoms with E-state index in [1.165, 1.54) is 18.5 Å². The molecule has 2 aromatic heterocycles. The number of rotatable bonds is 15. The van der Waals surface area contributed by atoms with E-state index in [4.69, 9.17) is 14.2 Å². The molecule has 8 rings (SSSR count). The summed E-state index contributed by atoms with van der Waals surface area (Å²) in [6.45, 7) is 8.91. The van der Waals surface area contributed by atoms with Crippen molar-refractivity contribution in [2.75, 3.05) is 49.2 Å². The molecule has 6 aromatic rings. The van der Waals surface area contributed by atoms with Crippen molar-refractivity contribution in [3.05, 3.63) is 149 Å². The van der Waals surface area contributed by atoms with Gasteiger partial charge in [-0.05, 0) is 79.9 Å². The standard InChI is InChI=1S/C44H48F2N8O4/c1-3-42(32(2)56-25-33-7-5-4-6-8-33)54-43(55)53(31-49-54)38-12-10-36(11-13-38)50-19-21-51(22-20-50)37-14-16-39(17-15-37)57-26-34-24-44(58-27-34,28-52-30-47-29-48-52)40-18-9-35(45)23-41(40)46/h4-18,23,29-32,34,42H,3,19-22,24-28H2,1-2H3. The minimum absolute atomic E-state index is 0.0128. The van der Waals surface area contributed by atoms with Gasteiger partial charge in [-0.15, -0.1) is 0 Å². The van der Waals surface area contributed by atoms with Crippen LogP contribution in [0.15, 0.2) is 121 Å². The van der Waals surface area contributed by atoms with Crippen molar-refractivity contribution >= 4 is 11.4 Å². The van der Waals surface area contributed by atoms with Gasteiger partial charge in [-0.25, -0.2) is 32.5 Å². The molecule has 2 saturated heterocycles. The highest BCUT2D eigenvalue weighted by Crippen LogP contribution is 2.42. The van der Waals surface area contributed by atoms with E-state index in [-0.39, 0.29) is 30.3 Å². The predicted octanol–water partition coefficient (Wildman–Crippen LogP) is 6.80. The van der Waals surface area contributed by atoms with E-state index in [0.717, 1.165) is 60.6 Å². The molecule has 0 radical (unpaired) electrons. The number of anilines is 2. The van der Waals surface area contributed by atoms with E-state index in [1.54, 1.807) is 26.6 Å². The first kappa shape index (κ1) is 39.0. The van der Waals surface area contributed by atoms with Crippen molar-refractivity contribution in [2.45, 2.75) is 57.6 Å². The molecular weight excluding hydrogens is 743 g/mol. The van der Waals surface area contributed by atoms with Gasteiger partial charge in [0, 0.05) is 55.1 Å². The van der Waals surface area contributed by atoms with Gasteiger partial charge in [0.2, 0.25) is 0 Å². The largest absolute Gasteiger partial charge is 0.493 e. The Morgan fingerprint density at radius 2 is 1.55 bits per heavy atom. The van der Waals surface area contributed by atoms with Crippen molar-refractivity contribution in [3.63, 3.8) is 0 Å². The van der Waals surface area contributed by atoms with Crippen molar-refractivity contribution in [1.29, 1.82) is 0 Å². The molecule has 4 aromatic carbocycles. The summed E-state index contributed by atoms with van der Waals surface area (Å²) in [5.74, 6) is -0.555. The Kier molecular flexibility index (Phi) is 11.6. The summed E-state index contributed by atoms with van der Waals surface area (Å²) in [4.78, 5) is 22.2. The van der Waals surface area contributed by atoms with E-state index in [2.05, 4.69) is 49.2 Å². The molecule has 14 heteroatoms. The quantitative estimate of drug-likeness (QED) is 0.111. The predicted molar refractivity (Wildman–Crippen MR) is 216 cm³/mol. The Morgan fingerprint density at radius 3 is 2.21 bits per heavy atom. The van der Waals surface area contributed by atoms with Crippen LogP contribution >= 0.6 is 0 Å². The lowest BCUT2D eigenvalue weighted by atomic mass is 9.87. The van der Waals surface area contributed by atoms with Gasteiger partial charge in [-0.3, -0.25) is 0 Å². The summed E-state index contributed by atoms with van der Waals surface area (Å²) < 4.78 is 52.1. The fraction of sp³-hybridized carbons (Fsp3) is 0.364. The minimum Gasteiger partial charge on any atom is -0.493 e. The Bertz CT molecular complexity index is 2300. The molecule has 2 aliphatic rings. The monoisotopic (exact) mass is 790 g/mol. The minimum atomic E-state index is -1.02. The van der Waals surface area contributed by atoms with Gasteiger partial charge in [0.25, 0.3) is 0 Å².